The molecule has 1 aliphatic rings. The van der Waals surface area contributed by atoms with E-state index in [0.717, 1.165) is 18.8 Å². The first-order valence-electron chi connectivity index (χ1n) is 3.83. The maximum absolute atomic E-state index is 11.1. The molecule has 1 fully saturated rings. The van der Waals surface area contributed by atoms with Gasteiger partial charge in [0.05, 0.1) is 6.61 Å². The van der Waals surface area contributed by atoms with Gasteiger partial charge in [-0.05, 0) is 6.92 Å². The number of thioether (sulfide) groups is 1. The number of hydrogen-bond donors (Lipinski definition) is 1. The van der Waals surface area contributed by atoms with Crippen LogP contribution in [0.4, 0.5) is 0 Å². The van der Waals surface area contributed by atoms with Gasteiger partial charge in [-0.25, -0.2) is 0 Å². The van der Waals surface area contributed by atoms with Crippen LogP contribution in [0.3, 0.4) is 0 Å². The fraction of sp³-hybridized carbons (Fsp3) is 0.857. The molecule has 0 radical (unpaired) electrons. The minimum atomic E-state index is -0.0790. The molecule has 3 nitrogen and oxygen atoms in total. The molecule has 4 heteroatoms. The minimum absolute atomic E-state index is 0.0173. The molecule has 0 amide bonds. The summed E-state index contributed by atoms with van der Waals surface area (Å²) in [6, 6.07) is 0. The molecular formula is C7H13NO2S. The summed E-state index contributed by atoms with van der Waals surface area (Å²) < 4.78 is 4.88. The van der Waals surface area contributed by atoms with Crippen LogP contribution in [0.2, 0.25) is 0 Å². The van der Waals surface area contributed by atoms with E-state index in [-0.39, 0.29) is 11.2 Å². The normalized spacial score (nSPS) is 24.6. The largest absolute Gasteiger partial charge is 0.465 e. The molecule has 0 aliphatic carbocycles. The molecule has 0 aromatic rings. The van der Waals surface area contributed by atoms with Crippen LogP contribution >= 0.6 is 11.8 Å². The van der Waals surface area contributed by atoms with E-state index in [9.17, 15) is 4.79 Å². The molecule has 0 aromatic heterocycles. The Balaban J connectivity index is 2.27. The zero-order chi connectivity index (χ0) is 8.10. The number of rotatable bonds is 2. The first kappa shape index (κ1) is 8.87. The summed E-state index contributed by atoms with van der Waals surface area (Å²) in [7, 11) is 0. The maximum atomic E-state index is 11.1. The monoisotopic (exact) mass is 175 g/mol. The average molecular weight is 175 g/mol. The number of nitrogens with one attached hydrogen (secondary N) is 1. The molecule has 1 atom stereocenters. The van der Waals surface area contributed by atoms with Crippen molar-refractivity contribution < 1.29 is 9.53 Å². The van der Waals surface area contributed by atoms with Crippen molar-refractivity contribution in [2.24, 2.45) is 0 Å². The second kappa shape index (κ2) is 4.62. The van der Waals surface area contributed by atoms with Gasteiger partial charge in [-0.1, -0.05) is 0 Å². The second-order valence-electron chi connectivity index (χ2n) is 2.32. The third kappa shape index (κ3) is 2.71. The lowest BCUT2D eigenvalue weighted by Gasteiger charge is -2.20. The highest BCUT2D eigenvalue weighted by Crippen LogP contribution is 2.14. The molecule has 0 spiro atoms. The Morgan fingerprint density at radius 1 is 1.82 bits per heavy atom. The van der Waals surface area contributed by atoms with Crippen LogP contribution in [0.25, 0.3) is 0 Å². The summed E-state index contributed by atoms with van der Waals surface area (Å²) in [6.07, 6.45) is 0. The Morgan fingerprint density at radius 3 is 3.18 bits per heavy atom. The Morgan fingerprint density at radius 2 is 2.64 bits per heavy atom. The third-order valence-corrected chi connectivity index (χ3v) is 2.68. The molecule has 11 heavy (non-hydrogen) atoms. The molecule has 64 valence electrons. The van der Waals surface area contributed by atoms with Gasteiger partial charge in [-0.3, -0.25) is 4.79 Å². The van der Waals surface area contributed by atoms with E-state index in [1.807, 2.05) is 6.92 Å². The average Bonchev–Trinajstić information content (AvgIpc) is 2.07. The number of hydrogen-bond acceptors (Lipinski definition) is 4. The molecule has 1 saturated heterocycles. The lowest BCUT2D eigenvalue weighted by Crippen LogP contribution is -2.38. The predicted octanol–water partition coefficient (Wildman–Crippen LogP) is 0.255. The smallest absolute Gasteiger partial charge is 0.320 e. The van der Waals surface area contributed by atoms with Crippen LogP contribution in [-0.2, 0) is 9.53 Å². The topological polar surface area (TPSA) is 38.3 Å². The van der Waals surface area contributed by atoms with Crippen LogP contribution in [0.1, 0.15) is 6.92 Å². The van der Waals surface area contributed by atoms with Gasteiger partial charge in [0.1, 0.15) is 5.25 Å². The van der Waals surface area contributed by atoms with Gasteiger partial charge in [0.2, 0.25) is 0 Å². The summed E-state index contributed by atoms with van der Waals surface area (Å²) in [6.45, 7) is 4.07. The fourth-order valence-corrected chi connectivity index (χ4v) is 1.94. The Labute approximate surface area is 70.9 Å². The standard InChI is InChI=1S/C7H13NO2S/c1-2-10-7(9)6-5-8-3-4-11-6/h6,8H,2-5H2,1H3/t6-/m0/s1. The quantitative estimate of drug-likeness (QED) is 0.611. The SMILES string of the molecule is CCOC(=O)[C@@H]1CNCCS1. The van der Waals surface area contributed by atoms with Crippen molar-refractivity contribution in [1.82, 2.24) is 5.32 Å². The summed E-state index contributed by atoms with van der Waals surface area (Å²) in [4.78, 5) is 11.1. The third-order valence-electron chi connectivity index (χ3n) is 1.48. The Hall–Kier alpha value is -0.220. The summed E-state index contributed by atoms with van der Waals surface area (Å²) in [5.41, 5.74) is 0. The van der Waals surface area contributed by atoms with Gasteiger partial charge in [0, 0.05) is 18.8 Å². The Kier molecular flexibility index (Phi) is 3.72. The first-order valence-corrected chi connectivity index (χ1v) is 4.88. The van der Waals surface area contributed by atoms with Crippen LogP contribution in [0, 0.1) is 0 Å². The highest BCUT2D eigenvalue weighted by molar-refractivity contribution is 8.00. The highest BCUT2D eigenvalue weighted by Gasteiger charge is 2.22. The minimum Gasteiger partial charge on any atom is -0.465 e. The summed E-state index contributed by atoms with van der Waals surface area (Å²) in [5.74, 6) is 0.924. The van der Waals surface area contributed by atoms with Crippen molar-refractivity contribution in [3.8, 4) is 0 Å². The van der Waals surface area contributed by atoms with E-state index in [1.165, 1.54) is 0 Å². The molecular weight excluding hydrogens is 162 g/mol. The van der Waals surface area contributed by atoms with Crippen LogP contribution < -0.4 is 5.32 Å². The molecule has 1 N–H and O–H groups in total. The first-order chi connectivity index (χ1) is 5.34. The molecule has 1 heterocycles. The van der Waals surface area contributed by atoms with Crippen molar-refractivity contribution in [3.05, 3.63) is 0 Å². The van der Waals surface area contributed by atoms with Gasteiger partial charge in [-0.15, -0.1) is 11.8 Å². The highest BCUT2D eigenvalue weighted by atomic mass is 32.2. The summed E-state index contributed by atoms with van der Waals surface area (Å²) in [5, 5.41) is 3.17. The number of carbonyl (C=O) groups excluding carboxylic acids is 1. The van der Waals surface area contributed by atoms with Crippen molar-refractivity contribution in [2.45, 2.75) is 12.2 Å². The number of esters is 1. The second-order valence-corrected chi connectivity index (χ2v) is 3.63. The lowest BCUT2D eigenvalue weighted by molar-refractivity contribution is -0.142. The molecule has 1 rings (SSSR count). The van der Waals surface area contributed by atoms with E-state index in [4.69, 9.17) is 4.74 Å². The molecule has 1 aliphatic heterocycles. The lowest BCUT2D eigenvalue weighted by atomic mass is 10.4. The number of ether oxygens (including phenoxy) is 1. The van der Waals surface area contributed by atoms with Gasteiger partial charge >= 0.3 is 5.97 Å². The van der Waals surface area contributed by atoms with Gasteiger partial charge in [0.15, 0.2) is 0 Å². The van der Waals surface area contributed by atoms with E-state index in [2.05, 4.69) is 5.32 Å². The van der Waals surface area contributed by atoms with Crippen molar-refractivity contribution in [2.75, 3.05) is 25.4 Å². The van der Waals surface area contributed by atoms with Gasteiger partial charge in [0.25, 0.3) is 0 Å². The van der Waals surface area contributed by atoms with E-state index in [0.29, 0.717) is 6.61 Å². The van der Waals surface area contributed by atoms with Gasteiger partial charge in [-0.2, -0.15) is 0 Å². The molecule has 0 unspecified atom stereocenters. The summed E-state index contributed by atoms with van der Waals surface area (Å²) >= 11 is 1.67. The molecule has 0 bridgehead atoms. The van der Waals surface area contributed by atoms with Crippen LogP contribution in [0.15, 0.2) is 0 Å². The Bertz CT molecular complexity index is 134. The maximum Gasteiger partial charge on any atom is 0.320 e. The zero-order valence-corrected chi connectivity index (χ0v) is 7.45. The van der Waals surface area contributed by atoms with Crippen molar-refractivity contribution in [3.63, 3.8) is 0 Å². The number of carbonyl (C=O) groups is 1. The van der Waals surface area contributed by atoms with Gasteiger partial charge < -0.3 is 10.1 Å². The predicted molar refractivity (Wildman–Crippen MR) is 45.7 cm³/mol. The van der Waals surface area contributed by atoms with Crippen LogP contribution in [-0.4, -0.2) is 36.7 Å². The van der Waals surface area contributed by atoms with Crippen LogP contribution in [0.5, 0.6) is 0 Å². The van der Waals surface area contributed by atoms with E-state index in [1.54, 1.807) is 11.8 Å². The molecule has 0 aromatic carbocycles. The molecule has 0 saturated carbocycles. The van der Waals surface area contributed by atoms with E-state index < -0.39 is 0 Å². The van der Waals surface area contributed by atoms with Crippen molar-refractivity contribution in [1.29, 1.82) is 0 Å². The zero-order valence-electron chi connectivity index (χ0n) is 6.63. The van der Waals surface area contributed by atoms with E-state index >= 15 is 0 Å². The fourth-order valence-electron chi connectivity index (χ4n) is 0.952. The van der Waals surface area contributed by atoms with Crippen molar-refractivity contribution >= 4 is 17.7 Å².